The molecule has 1 N–H and O–H groups in total. The first-order valence-electron chi connectivity index (χ1n) is 12.7. The lowest BCUT2D eigenvalue weighted by atomic mass is 9.80. The van der Waals surface area contributed by atoms with Gasteiger partial charge in [0.15, 0.2) is 5.76 Å². The lowest BCUT2D eigenvalue weighted by Crippen LogP contribution is -2.54. The molecule has 182 valence electrons. The molecule has 1 aliphatic carbocycles. The fraction of sp³-hybridized carbons (Fsp3) is 0.593. The van der Waals surface area contributed by atoms with Crippen LogP contribution in [0.3, 0.4) is 0 Å². The number of anilines is 1. The first-order chi connectivity index (χ1) is 16.4. The third kappa shape index (κ3) is 4.26. The van der Waals surface area contributed by atoms with Crippen LogP contribution in [0, 0.1) is 5.41 Å². The summed E-state index contributed by atoms with van der Waals surface area (Å²) >= 11 is 0. The Morgan fingerprint density at radius 2 is 2.00 bits per heavy atom. The van der Waals surface area contributed by atoms with Crippen LogP contribution in [0.1, 0.15) is 91.7 Å². The molecule has 1 saturated carbocycles. The van der Waals surface area contributed by atoms with Crippen LogP contribution in [0.4, 0.5) is 5.82 Å². The molecule has 34 heavy (non-hydrogen) atoms. The van der Waals surface area contributed by atoms with Crippen LogP contribution in [0.5, 0.6) is 0 Å². The summed E-state index contributed by atoms with van der Waals surface area (Å²) in [5.41, 5.74) is 4.30. The standard InChI is InChI=1S/C27H36N4O3/c1-18-16-30(11-12-31(18)26(32)23-10-7-13-33-23)25-21(15-28)20-14-27(2,3)34-17-22(20)24(29-25)19-8-5-4-6-9-19/h7,10,13,15,18-19,28H,4-6,8-9,11-12,14,16-17H2,1-3H3/t18-/m1/s1. The summed E-state index contributed by atoms with van der Waals surface area (Å²) in [4.78, 5) is 22.4. The van der Waals surface area contributed by atoms with Gasteiger partial charge in [-0.2, -0.15) is 0 Å². The van der Waals surface area contributed by atoms with Crippen molar-refractivity contribution in [1.82, 2.24) is 9.88 Å². The summed E-state index contributed by atoms with van der Waals surface area (Å²) < 4.78 is 11.6. The van der Waals surface area contributed by atoms with E-state index in [0.29, 0.717) is 37.9 Å². The van der Waals surface area contributed by atoms with Crippen LogP contribution in [0.25, 0.3) is 0 Å². The maximum atomic E-state index is 12.9. The van der Waals surface area contributed by atoms with Gasteiger partial charge in [0.25, 0.3) is 5.91 Å². The van der Waals surface area contributed by atoms with E-state index in [1.807, 2.05) is 4.90 Å². The lowest BCUT2D eigenvalue weighted by molar-refractivity contribution is -0.0408. The van der Waals surface area contributed by atoms with Gasteiger partial charge in [0, 0.05) is 55.4 Å². The molecule has 0 spiro atoms. The Hall–Kier alpha value is -2.67. The number of carbonyl (C=O) groups excluding carboxylic acids is 1. The molecule has 0 radical (unpaired) electrons. The van der Waals surface area contributed by atoms with Crippen molar-refractivity contribution in [3.8, 4) is 0 Å². The van der Waals surface area contributed by atoms with Crippen LogP contribution < -0.4 is 4.90 Å². The molecule has 2 fully saturated rings. The van der Waals surface area contributed by atoms with Gasteiger partial charge in [0.1, 0.15) is 5.82 Å². The molecule has 7 nitrogen and oxygen atoms in total. The van der Waals surface area contributed by atoms with Gasteiger partial charge in [0.2, 0.25) is 0 Å². The molecule has 1 atom stereocenters. The molecule has 2 aliphatic heterocycles. The third-order valence-electron chi connectivity index (χ3n) is 7.73. The van der Waals surface area contributed by atoms with Crippen LogP contribution >= 0.6 is 0 Å². The highest BCUT2D eigenvalue weighted by Crippen LogP contribution is 2.41. The summed E-state index contributed by atoms with van der Waals surface area (Å²) in [6, 6.07) is 3.49. The highest BCUT2D eigenvalue weighted by atomic mass is 16.5. The van der Waals surface area contributed by atoms with E-state index in [9.17, 15) is 4.79 Å². The zero-order valence-corrected chi connectivity index (χ0v) is 20.6. The third-order valence-corrected chi connectivity index (χ3v) is 7.73. The second-order valence-corrected chi connectivity index (χ2v) is 10.7. The van der Waals surface area contributed by atoms with E-state index in [-0.39, 0.29) is 17.6 Å². The Bertz CT molecular complexity index is 1060. The fourth-order valence-electron chi connectivity index (χ4n) is 5.90. The molecule has 5 rings (SSSR count). The smallest absolute Gasteiger partial charge is 0.289 e. The molecule has 3 aliphatic rings. The summed E-state index contributed by atoms with van der Waals surface area (Å²) in [7, 11) is 0. The number of aromatic nitrogens is 1. The Kier molecular flexibility index (Phi) is 6.23. The molecule has 4 heterocycles. The zero-order chi connectivity index (χ0) is 23.9. The average Bonchev–Trinajstić information content (AvgIpc) is 3.37. The number of nitrogens with zero attached hydrogens (tertiary/aromatic N) is 3. The molecular weight excluding hydrogens is 428 g/mol. The number of ether oxygens (including phenoxy) is 1. The van der Waals surface area contributed by atoms with Gasteiger partial charge < -0.3 is 24.4 Å². The highest BCUT2D eigenvalue weighted by Gasteiger charge is 2.36. The van der Waals surface area contributed by atoms with Crippen molar-refractivity contribution in [2.45, 2.75) is 83.5 Å². The van der Waals surface area contributed by atoms with Crippen LogP contribution in [0.2, 0.25) is 0 Å². The largest absolute Gasteiger partial charge is 0.459 e. The van der Waals surface area contributed by atoms with Crippen molar-refractivity contribution in [1.29, 1.82) is 5.41 Å². The van der Waals surface area contributed by atoms with Crippen molar-refractivity contribution in [2.75, 3.05) is 24.5 Å². The minimum absolute atomic E-state index is 0.0145. The SMILES string of the molecule is C[C@@H]1CN(c2nc(C3CCCCC3)c3c(c2C=N)CC(C)(C)OC3)CCN1C(=O)c1ccco1. The molecule has 0 unspecified atom stereocenters. The van der Waals surface area contributed by atoms with E-state index in [1.54, 1.807) is 18.4 Å². The van der Waals surface area contributed by atoms with Crippen LogP contribution in [-0.2, 0) is 17.8 Å². The topological polar surface area (TPSA) is 82.7 Å². The summed E-state index contributed by atoms with van der Waals surface area (Å²) in [6.45, 7) is 8.88. The first-order valence-corrected chi connectivity index (χ1v) is 12.7. The van der Waals surface area contributed by atoms with Crippen molar-refractivity contribution in [2.24, 2.45) is 0 Å². The van der Waals surface area contributed by atoms with Crippen molar-refractivity contribution < 1.29 is 13.9 Å². The summed E-state index contributed by atoms with van der Waals surface area (Å²) in [5.74, 6) is 1.69. The number of furan rings is 1. The summed E-state index contributed by atoms with van der Waals surface area (Å²) in [5, 5.41) is 8.33. The predicted octanol–water partition coefficient (Wildman–Crippen LogP) is 4.92. The number of hydrogen-bond donors (Lipinski definition) is 1. The maximum absolute atomic E-state index is 12.9. The first kappa shape index (κ1) is 23.1. The summed E-state index contributed by atoms with van der Waals surface area (Å²) in [6.07, 6.45) is 9.96. The number of fused-ring (bicyclic) bond motifs is 1. The number of piperazine rings is 1. The maximum Gasteiger partial charge on any atom is 0.289 e. The normalized spacial score (nSPS) is 23.0. The fourth-order valence-corrected chi connectivity index (χ4v) is 5.90. The van der Waals surface area contributed by atoms with E-state index in [1.165, 1.54) is 55.1 Å². The van der Waals surface area contributed by atoms with Crippen molar-refractivity contribution in [3.05, 3.63) is 46.5 Å². The zero-order valence-electron chi connectivity index (χ0n) is 20.6. The molecular formula is C27H36N4O3. The van der Waals surface area contributed by atoms with E-state index in [2.05, 4.69) is 25.7 Å². The minimum atomic E-state index is -0.255. The quantitative estimate of drug-likeness (QED) is 0.649. The van der Waals surface area contributed by atoms with E-state index in [0.717, 1.165) is 17.8 Å². The molecule has 2 aromatic heterocycles. The molecule has 2 aromatic rings. The van der Waals surface area contributed by atoms with E-state index >= 15 is 0 Å². The molecule has 1 amide bonds. The van der Waals surface area contributed by atoms with Crippen molar-refractivity contribution >= 4 is 17.9 Å². The lowest BCUT2D eigenvalue weighted by Gasteiger charge is -2.42. The second kappa shape index (κ2) is 9.17. The molecule has 0 bridgehead atoms. The average molecular weight is 465 g/mol. The number of rotatable bonds is 4. The van der Waals surface area contributed by atoms with Crippen LogP contribution in [0.15, 0.2) is 22.8 Å². The minimum Gasteiger partial charge on any atom is -0.459 e. The number of hydrogen-bond acceptors (Lipinski definition) is 6. The Morgan fingerprint density at radius 3 is 2.68 bits per heavy atom. The van der Waals surface area contributed by atoms with Gasteiger partial charge in [-0.1, -0.05) is 19.3 Å². The van der Waals surface area contributed by atoms with Gasteiger partial charge in [-0.3, -0.25) is 4.79 Å². The Balaban J connectivity index is 1.50. The molecule has 1 saturated heterocycles. The molecule has 0 aromatic carbocycles. The Morgan fingerprint density at radius 1 is 1.21 bits per heavy atom. The van der Waals surface area contributed by atoms with Gasteiger partial charge >= 0.3 is 0 Å². The van der Waals surface area contributed by atoms with Gasteiger partial charge in [-0.25, -0.2) is 4.98 Å². The number of nitrogens with one attached hydrogen (secondary N) is 1. The predicted molar refractivity (Wildman–Crippen MR) is 132 cm³/mol. The highest BCUT2D eigenvalue weighted by molar-refractivity contribution is 5.92. The second-order valence-electron chi connectivity index (χ2n) is 10.7. The van der Waals surface area contributed by atoms with Gasteiger partial charge in [-0.15, -0.1) is 0 Å². The van der Waals surface area contributed by atoms with Crippen LogP contribution in [-0.4, -0.2) is 53.3 Å². The number of pyridine rings is 1. The monoisotopic (exact) mass is 464 g/mol. The molecule has 7 heteroatoms. The number of carbonyl (C=O) groups is 1. The van der Waals surface area contributed by atoms with E-state index in [4.69, 9.17) is 19.5 Å². The number of amides is 1. The van der Waals surface area contributed by atoms with Crippen molar-refractivity contribution in [3.63, 3.8) is 0 Å². The Labute approximate surface area is 202 Å². The van der Waals surface area contributed by atoms with Gasteiger partial charge in [-0.05, 0) is 51.3 Å². The van der Waals surface area contributed by atoms with Gasteiger partial charge in [0.05, 0.1) is 24.2 Å². The van der Waals surface area contributed by atoms with E-state index < -0.39 is 0 Å².